The highest BCUT2D eigenvalue weighted by Gasteiger charge is 2.31. The van der Waals surface area contributed by atoms with Gasteiger partial charge in [-0.05, 0) is 29.0 Å². The van der Waals surface area contributed by atoms with Crippen molar-refractivity contribution in [2.24, 2.45) is 5.92 Å². The lowest BCUT2D eigenvalue weighted by Crippen LogP contribution is -2.57. The standard InChI is InChI=1S/C31H36BF3N3O4/c1-21(2)28(31(41)42-3)38-30(40)27(19-23-12-8-5-9-13-23)37-29(39)26(18-22-10-6-4-7-11-22)36-20-24-14-16-25(17-15-24)32(33,34)35/h4-17,21,26-28,36H,18-20H2,1-3H3,(H,37,39)(H,38,40)/q-1/t26-,27-,28-/m0/s1. The second-order valence-corrected chi connectivity index (χ2v) is 10.4. The molecular weight excluding hydrogens is 546 g/mol. The molecular formula is C31H36BF3N3O4-. The summed E-state index contributed by atoms with van der Waals surface area (Å²) in [7, 11) is 1.24. The van der Waals surface area contributed by atoms with Gasteiger partial charge < -0.3 is 33.6 Å². The Morgan fingerprint density at radius 1 is 0.714 bits per heavy atom. The van der Waals surface area contributed by atoms with Gasteiger partial charge in [-0.2, -0.15) is 0 Å². The van der Waals surface area contributed by atoms with Crippen molar-refractivity contribution in [3.8, 4) is 0 Å². The maximum Gasteiger partial charge on any atom is 0.509 e. The Bertz CT molecular complexity index is 1310. The molecule has 0 heterocycles. The van der Waals surface area contributed by atoms with Crippen LogP contribution in [0, 0.1) is 5.92 Å². The highest BCUT2D eigenvalue weighted by Crippen LogP contribution is 2.12. The van der Waals surface area contributed by atoms with Gasteiger partial charge in [0.2, 0.25) is 11.8 Å². The lowest BCUT2D eigenvalue weighted by Gasteiger charge is -2.26. The average Bonchev–Trinajstić information content (AvgIpc) is 2.97. The van der Waals surface area contributed by atoms with E-state index in [1.54, 1.807) is 13.8 Å². The molecule has 7 nitrogen and oxygen atoms in total. The highest BCUT2D eigenvalue weighted by atomic mass is 19.4. The number of methoxy groups -OCH3 is 1. The van der Waals surface area contributed by atoms with Crippen molar-refractivity contribution in [1.29, 1.82) is 0 Å². The van der Waals surface area contributed by atoms with Crippen molar-refractivity contribution in [2.45, 2.75) is 51.4 Å². The van der Waals surface area contributed by atoms with E-state index in [4.69, 9.17) is 4.74 Å². The molecule has 0 saturated heterocycles. The van der Waals surface area contributed by atoms with Crippen LogP contribution >= 0.6 is 0 Å². The summed E-state index contributed by atoms with van der Waals surface area (Å²) in [6, 6.07) is 20.5. The molecule has 3 rings (SSSR count). The zero-order valence-corrected chi connectivity index (χ0v) is 23.9. The average molecular weight is 582 g/mol. The van der Waals surface area contributed by atoms with Gasteiger partial charge in [-0.15, -0.1) is 5.46 Å². The number of ether oxygens (including phenoxy) is 1. The Labute approximate surface area is 244 Å². The van der Waals surface area contributed by atoms with Gasteiger partial charge in [0.15, 0.2) is 0 Å². The second kappa shape index (κ2) is 15.2. The van der Waals surface area contributed by atoms with E-state index in [1.807, 2.05) is 60.7 Å². The molecule has 0 spiro atoms. The molecule has 3 atom stereocenters. The number of hydrogen-bond donors (Lipinski definition) is 3. The van der Waals surface area contributed by atoms with E-state index in [1.165, 1.54) is 19.2 Å². The number of carbonyl (C=O) groups excluding carboxylic acids is 3. The minimum Gasteiger partial charge on any atom is -0.467 e. The quantitative estimate of drug-likeness (QED) is 0.200. The van der Waals surface area contributed by atoms with E-state index in [2.05, 4.69) is 16.0 Å². The minimum absolute atomic E-state index is 0.128. The zero-order valence-electron chi connectivity index (χ0n) is 23.9. The topological polar surface area (TPSA) is 96.5 Å². The lowest BCUT2D eigenvalue weighted by molar-refractivity contribution is -0.146. The zero-order chi connectivity index (χ0) is 30.7. The molecule has 0 aromatic heterocycles. The van der Waals surface area contributed by atoms with Gasteiger partial charge in [-0.25, -0.2) is 4.79 Å². The first-order chi connectivity index (χ1) is 20.0. The highest BCUT2D eigenvalue weighted by molar-refractivity contribution is 6.73. The third-order valence-corrected chi connectivity index (χ3v) is 6.84. The minimum atomic E-state index is -5.11. The van der Waals surface area contributed by atoms with E-state index in [0.29, 0.717) is 5.56 Å². The van der Waals surface area contributed by atoms with Crippen LogP contribution in [0.1, 0.15) is 30.5 Å². The fraction of sp³-hybridized carbons (Fsp3) is 0.323. The summed E-state index contributed by atoms with van der Waals surface area (Å²) in [6.07, 6.45) is 0.440. The maximum absolute atomic E-state index is 13.7. The molecule has 0 radical (unpaired) electrons. The van der Waals surface area contributed by atoms with Gasteiger partial charge in [0.25, 0.3) is 0 Å². The van der Waals surface area contributed by atoms with Crippen molar-refractivity contribution >= 4 is 30.2 Å². The molecule has 224 valence electrons. The van der Waals surface area contributed by atoms with Crippen molar-refractivity contribution in [1.82, 2.24) is 16.0 Å². The monoisotopic (exact) mass is 582 g/mol. The van der Waals surface area contributed by atoms with Gasteiger partial charge in [-0.3, -0.25) is 9.59 Å². The van der Waals surface area contributed by atoms with Gasteiger partial charge in [0.1, 0.15) is 12.1 Å². The summed E-state index contributed by atoms with van der Waals surface area (Å²) < 4.78 is 44.0. The van der Waals surface area contributed by atoms with Crippen molar-refractivity contribution < 1.29 is 32.1 Å². The number of carbonyl (C=O) groups is 3. The Hall–Kier alpha value is -4.12. The maximum atomic E-state index is 13.7. The Morgan fingerprint density at radius 3 is 1.69 bits per heavy atom. The van der Waals surface area contributed by atoms with Crippen LogP contribution in [0.2, 0.25) is 0 Å². The Morgan fingerprint density at radius 2 is 1.21 bits per heavy atom. The summed E-state index contributed by atoms with van der Waals surface area (Å²) in [5.41, 5.74) is 1.53. The molecule has 0 aliphatic heterocycles. The van der Waals surface area contributed by atoms with Gasteiger partial charge >= 0.3 is 12.9 Å². The molecule has 0 fully saturated rings. The van der Waals surface area contributed by atoms with E-state index in [-0.39, 0.29) is 25.3 Å². The SMILES string of the molecule is COC(=O)[C@@H](NC(=O)[C@H](Cc1ccccc1)NC(=O)[C@H](Cc1ccccc1)NCc1ccc([B-](F)(F)F)cc1)C(C)C. The number of amides is 2. The van der Waals surface area contributed by atoms with Gasteiger partial charge in [0, 0.05) is 13.0 Å². The number of benzene rings is 3. The predicted octanol–water partition coefficient (Wildman–Crippen LogP) is 3.48. The number of hydrogen-bond acceptors (Lipinski definition) is 5. The molecule has 3 aromatic rings. The van der Waals surface area contributed by atoms with Crippen LogP contribution in [0.4, 0.5) is 12.9 Å². The van der Waals surface area contributed by atoms with Crippen molar-refractivity contribution in [3.05, 3.63) is 102 Å². The molecule has 0 saturated carbocycles. The largest absolute Gasteiger partial charge is 0.509 e. The molecule has 0 bridgehead atoms. The normalized spacial score (nSPS) is 13.6. The number of esters is 1. The van der Waals surface area contributed by atoms with E-state index >= 15 is 0 Å². The van der Waals surface area contributed by atoms with E-state index in [9.17, 15) is 27.3 Å². The summed E-state index contributed by atoms with van der Waals surface area (Å²) in [6.45, 7) is -1.43. The van der Waals surface area contributed by atoms with Crippen LogP contribution in [-0.2, 0) is 38.5 Å². The van der Waals surface area contributed by atoms with Crippen LogP contribution in [0.5, 0.6) is 0 Å². The third kappa shape index (κ3) is 9.76. The summed E-state index contributed by atoms with van der Waals surface area (Å²) in [4.78, 5) is 39.4. The Balaban J connectivity index is 1.82. The fourth-order valence-corrected chi connectivity index (χ4v) is 4.41. The molecule has 0 aliphatic rings. The van der Waals surface area contributed by atoms with Crippen LogP contribution in [0.25, 0.3) is 0 Å². The van der Waals surface area contributed by atoms with Crippen LogP contribution < -0.4 is 21.4 Å². The molecule has 0 unspecified atom stereocenters. The predicted molar refractivity (Wildman–Crippen MR) is 157 cm³/mol. The first-order valence-electron chi connectivity index (χ1n) is 13.8. The molecule has 42 heavy (non-hydrogen) atoms. The molecule has 11 heteroatoms. The molecule has 2 amide bonds. The number of rotatable bonds is 14. The third-order valence-electron chi connectivity index (χ3n) is 6.84. The molecule has 0 aliphatic carbocycles. The summed E-state index contributed by atoms with van der Waals surface area (Å²) in [5.74, 6) is -1.86. The van der Waals surface area contributed by atoms with Crippen molar-refractivity contribution in [2.75, 3.05) is 7.11 Å². The van der Waals surface area contributed by atoms with E-state index in [0.717, 1.165) is 23.3 Å². The number of nitrogens with one attached hydrogen (secondary N) is 3. The second-order valence-electron chi connectivity index (χ2n) is 10.4. The summed E-state index contributed by atoms with van der Waals surface area (Å²) in [5, 5.41) is 8.70. The van der Waals surface area contributed by atoms with Crippen molar-refractivity contribution in [3.63, 3.8) is 0 Å². The van der Waals surface area contributed by atoms with Crippen LogP contribution in [-0.4, -0.2) is 50.0 Å². The smallest absolute Gasteiger partial charge is 0.467 e. The first-order valence-corrected chi connectivity index (χ1v) is 13.8. The van der Waals surface area contributed by atoms with Crippen LogP contribution in [0.15, 0.2) is 84.9 Å². The lowest BCUT2D eigenvalue weighted by atomic mass is 9.80. The van der Waals surface area contributed by atoms with Gasteiger partial charge in [-0.1, -0.05) is 98.8 Å². The molecule has 3 N–H and O–H groups in total. The van der Waals surface area contributed by atoms with E-state index < -0.39 is 48.3 Å². The Kier molecular flexibility index (Phi) is 11.7. The van der Waals surface area contributed by atoms with Crippen LogP contribution in [0.3, 0.4) is 0 Å². The summed E-state index contributed by atoms with van der Waals surface area (Å²) >= 11 is 0. The fourth-order valence-electron chi connectivity index (χ4n) is 4.41. The van der Waals surface area contributed by atoms with Gasteiger partial charge in [0.05, 0.1) is 13.2 Å². The first kappa shape index (κ1) is 32.4. The molecule has 3 aromatic carbocycles. The number of halogens is 3.